The van der Waals surface area contributed by atoms with Crippen molar-refractivity contribution in [2.45, 2.75) is 19.4 Å². The summed E-state index contributed by atoms with van der Waals surface area (Å²) in [5.74, 6) is -2.72. The molecule has 1 aromatic carbocycles. The van der Waals surface area contributed by atoms with Crippen molar-refractivity contribution in [2.24, 2.45) is 0 Å². The number of halogens is 2. The third kappa shape index (κ3) is 4.36. The lowest BCUT2D eigenvalue weighted by Crippen LogP contribution is -2.37. The highest BCUT2D eigenvalue weighted by Gasteiger charge is 2.12. The van der Waals surface area contributed by atoms with Gasteiger partial charge < -0.3 is 15.7 Å². The molecule has 0 spiro atoms. The van der Waals surface area contributed by atoms with Gasteiger partial charge in [0.15, 0.2) is 0 Å². The number of anilines is 1. The van der Waals surface area contributed by atoms with Gasteiger partial charge in [-0.2, -0.15) is 0 Å². The Bertz CT molecular complexity index is 466. The third-order valence-corrected chi connectivity index (χ3v) is 2.04. The molecule has 0 saturated heterocycles. The molecule has 1 atom stereocenters. The Labute approximate surface area is 102 Å². The quantitative estimate of drug-likeness (QED) is 0.772. The molecule has 98 valence electrons. The number of carbonyl (C=O) groups excluding carboxylic acids is 1. The van der Waals surface area contributed by atoms with Crippen molar-refractivity contribution in [3.8, 4) is 0 Å². The molecular weight excluding hydrogens is 246 g/mol. The number of carboxylic acid groups (broad SMARTS) is 1. The second-order valence-corrected chi connectivity index (χ2v) is 3.72. The van der Waals surface area contributed by atoms with Crippen LogP contribution in [-0.2, 0) is 4.79 Å². The molecule has 0 aromatic heterocycles. The number of nitrogens with one attached hydrogen (secondary N) is 2. The molecular formula is C11H12F2N2O3. The van der Waals surface area contributed by atoms with Crippen molar-refractivity contribution in [3.05, 3.63) is 29.8 Å². The van der Waals surface area contributed by atoms with Crippen LogP contribution >= 0.6 is 0 Å². The molecule has 5 nitrogen and oxygen atoms in total. The van der Waals surface area contributed by atoms with Crippen LogP contribution in [0.1, 0.15) is 13.3 Å². The predicted molar refractivity (Wildman–Crippen MR) is 60.2 cm³/mol. The van der Waals surface area contributed by atoms with Crippen molar-refractivity contribution in [1.82, 2.24) is 5.32 Å². The third-order valence-electron chi connectivity index (χ3n) is 2.04. The van der Waals surface area contributed by atoms with Crippen LogP contribution in [0.15, 0.2) is 18.2 Å². The number of carboxylic acids is 1. The van der Waals surface area contributed by atoms with E-state index in [4.69, 9.17) is 5.11 Å². The highest BCUT2D eigenvalue weighted by molar-refractivity contribution is 5.89. The molecule has 0 aliphatic rings. The Morgan fingerprint density at radius 3 is 2.61 bits per heavy atom. The van der Waals surface area contributed by atoms with Gasteiger partial charge in [-0.1, -0.05) is 0 Å². The average molecular weight is 258 g/mol. The number of rotatable bonds is 4. The van der Waals surface area contributed by atoms with Gasteiger partial charge in [0.1, 0.15) is 11.6 Å². The summed E-state index contributed by atoms with van der Waals surface area (Å²) in [5, 5.41) is 13.0. The first-order chi connectivity index (χ1) is 8.38. The Morgan fingerprint density at radius 1 is 1.39 bits per heavy atom. The lowest BCUT2D eigenvalue weighted by Gasteiger charge is -2.12. The molecule has 0 heterocycles. The molecule has 3 N–H and O–H groups in total. The van der Waals surface area contributed by atoms with E-state index in [9.17, 15) is 18.4 Å². The highest BCUT2D eigenvalue weighted by Crippen LogP contribution is 2.14. The molecule has 1 aromatic rings. The summed E-state index contributed by atoms with van der Waals surface area (Å²) in [6.07, 6.45) is -0.251. The lowest BCUT2D eigenvalue weighted by atomic mass is 10.2. The van der Waals surface area contributed by atoms with Crippen LogP contribution in [-0.4, -0.2) is 23.1 Å². The molecule has 1 unspecified atom stereocenters. The van der Waals surface area contributed by atoms with Gasteiger partial charge in [0.25, 0.3) is 0 Å². The van der Waals surface area contributed by atoms with Gasteiger partial charge in [-0.15, -0.1) is 0 Å². The topological polar surface area (TPSA) is 78.4 Å². The van der Waals surface area contributed by atoms with Crippen molar-refractivity contribution < 1.29 is 23.5 Å². The van der Waals surface area contributed by atoms with E-state index < -0.39 is 29.7 Å². The zero-order valence-electron chi connectivity index (χ0n) is 9.54. The van der Waals surface area contributed by atoms with Gasteiger partial charge in [-0.05, 0) is 19.1 Å². The largest absolute Gasteiger partial charge is 0.481 e. The molecule has 1 rings (SSSR count). The second-order valence-electron chi connectivity index (χ2n) is 3.72. The van der Waals surface area contributed by atoms with E-state index in [0.29, 0.717) is 6.07 Å². The van der Waals surface area contributed by atoms with Crippen molar-refractivity contribution in [2.75, 3.05) is 5.32 Å². The maximum absolute atomic E-state index is 13.2. The van der Waals surface area contributed by atoms with Crippen LogP contribution in [0.2, 0.25) is 0 Å². The minimum absolute atomic E-state index is 0.184. The Morgan fingerprint density at radius 2 is 2.06 bits per heavy atom. The van der Waals surface area contributed by atoms with E-state index in [1.807, 2.05) is 0 Å². The minimum Gasteiger partial charge on any atom is -0.481 e. The van der Waals surface area contributed by atoms with Gasteiger partial charge in [0.05, 0.1) is 12.1 Å². The number of amides is 2. The summed E-state index contributed by atoms with van der Waals surface area (Å²) in [6, 6.07) is 1.35. The monoisotopic (exact) mass is 258 g/mol. The number of carbonyl (C=O) groups is 2. The van der Waals surface area contributed by atoms with Gasteiger partial charge >= 0.3 is 12.0 Å². The molecule has 7 heteroatoms. The van der Waals surface area contributed by atoms with E-state index >= 15 is 0 Å². The normalized spacial score (nSPS) is 11.7. The SMILES string of the molecule is CC(CC(=O)O)NC(=O)Nc1ccc(F)cc1F. The van der Waals surface area contributed by atoms with Crippen LogP contribution < -0.4 is 10.6 Å². The van der Waals surface area contributed by atoms with Crippen LogP contribution in [0.4, 0.5) is 19.3 Å². The molecule has 18 heavy (non-hydrogen) atoms. The van der Waals surface area contributed by atoms with Crippen LogP contribution in [0.3, 0.4) is 0 Å². The number of benzene rings is 1. The smallest absolute Gasteiger partial charge is 0.319 e. The fraction of sp³-hybridized carbons (Fsp3) is 0.273. The van der Waals surface area contributed by atoms with Gasteiger partial charge in [-0.3, -0.25) is 4.79 Å². The molecule has 0 saturated carbocycles. The van der Waals surface area contributed by atoms with Crippen LogP contribution in [0.5, 0.6) is 0 Å². The first kappa shape index (κ1) is 13.9. The second kappa shape index (κ2) is 5.95. The van der Waals surface area contributed by atoms with Crippen molar-refractivity contribution in [3.63, 3.8) is 0 Å². The Balaban J connectivity index is 2.56. The average Bonchev–Trinajstić information content (AvgIpc) is 2.20. The molecule has 0 aliphatic heterocycles. The predicted octanol–water partition coefficient (Wildman–Crippen LogP) is 1.95. The maximum Gasteiger partial charge on any atom is 0.319 e. The zero-order valence-corrected chi connectivity index (χ0v) is 9.54. The van der Waals surface area contributed by atoms with E-state index in [1.54, 1.807) is 0 Å². The van der Waals surface area contributed by atoms with E-state index in [1.165, 1.54) is 6.92 Å². The van der Waals surface area contributed by atoms with E-state index in [2.05, 4.69) is 10.6 Å². The summed E-state index contributed by atoms with van der Waals surface area (Å²) < 4.78 is 25.8. The van der Waals surface area contributed by atoms with E-state index in [-0.39, 0.29) is 12.1 Å². The zero-order chi connectivity index (χ0) is 13.7. The number of hydrogen-bond donors (Lipinski definition) is 3. The molecule has 0 radical (unpaired) electrons. The maximum atomic E-state index is 13.2. The summed E-state index contributed by atoms with van der Waals surface area (Å²) >= 11 is 0. The van der Waals surface area contributed by atoms with Crippen molar-refractivity contribution >= 4 is 17.7 Å². The van der Waals surface area contributed by atoms with Gasteiger partial charge in [0, 0.05) is 12.1 Å². The first-order valence-electron chi connectivity index (χ1n) is 5.13. The standard InChI is InChI=1S/C11H12F2N2O3/c1-6(4-10(16)17)14-11(18)15-9-3-2-7(12)5-8(9)13/h2-3,5-6H,4H2,1H3,(H,16,17)(H2,14,15,18). The van der Waals surface area contributed by atoms with Crippen LogP contribution in [0, 0.1) is 11.6 Å². The summed E-state index contributed by atoms with van der Waals surface area (Å²) in [4.78, 5) is 21.7. The Hall–Kier alpha value is -2.18. The van der Waals surface area contributed by atoms with Gasteiger partial charge in [0.2, 0.25) is 0 Å². The molecule has 0 bridgehead atoms. The summed E-state index contributed by atoms with van der Waals surface area (Å²) in [6.45, 7) is 1.49. The van der Waals surface area contributed by atoms with Crippen molar-refractivity contribution in [1.29, 1.82) is 0 Å². The fourth-order valence-electron chi connectivity index (χ4n) is 1.29. The Kier molecular flexibility index (Phi) is 4.59. The van der Waals surface area contributed by atoms with Crippen LogP contribution in [0.25, 0.3) is 0 Å². The number of aliphatic carboxylic acids is 1. The molecule has 2 amide bonds. The lowest BCUT2D eigenvalue weighted by molar-refractivity contribution is -0.137. The highest BCUT2D eigenvalue weighted by atomic mass is 19.1. The fourth-order valence-corrected chi connectivity index (χ4v) is 1.29. The molecule has 0 fully saturated rings. The summed E-state index contributed by atoms with van der Waals surface area (Å²) in [7, 11) is 0. The number of urea groups is 1. The van der Waals surface area contributed by atoms with Gasteiger partial charge in [-0.25, -0.2) is 13.6 Å². The first-order valence-corrected chi connectivity index (χ1v) is 5.13. The summed E-state index contributed by atoms with van der Waals surface area (Å²) in [5.41, 5.74) is -0.184. The van der Waals surface area contributed by atoms with E-state index in [0.717, 1.165) is 12.1 Å². The number of hydrogen-bond acceptors (Lipinski definition) is 2. The molecule has 0 aliphatic carbocycles. The minimum atomic E-state index is -1.06.